The number of hydrogen-bond donors (Lipinski definition) is 1. The average Bonchev–Trinajstić information content (AvgIpc) is 3.36. The van der Waals surface area contributed by atoms with Crippen LogP contribution in [0.3, 0.4) is 0 Å². The Bertz CT molecular complexity index is 1120. The van der Waals surface area contributed by atoms with Crippen molar-refractivity contribution in [3.05, 3.63) is 94.7 Å². The number of amides is 1. The van der Waals surface area contributed by atoms with Gasteiger partial charge in [0.15, 0.2) is 5.82 Å². The normalized spacial score (nSPS) is 10.8. The highest BCUT2D eigenvalue weighted by atomic mass is 35.5. The summed E-state index contributed by atoms with van der Waals surface area (Å²) < 4.78 is 3.31. The van der Waals surface area contributed by atoms with E-state index in [-0.39, 0.29) is 5.91 Å². The van der Waals surface area contributed by atoms with Crippen molar-refractivity contribution in [2.45, 2.75) is 20.0 Å². The van der Waals surface area contributed by atoms with E-state index in [0.29, 0.717) is 35.3 Å². The second-order valence-corrected chi connectivity index (χ2v) is 6.91. The highest BCUT2D eigenvalue weighted by Crippen LogP contribution is 2.21. The summed E-state index contributed by atoms with van der Waals surface area (Å²) in [6.45, 7) is 2.63. The van der Waals surface area contributed by atoms with E-state index < -0.39 is 0 Å². The van der Waals surface area contributed by atoms with Crippen LogP contribution in [0.5, 0.6) is 0 Å². The van der Waals surface area contributed by atoms with Gasteiger partial charge in [0.1, 0.15) is 5.15 Å². The molecule has 3 heterocycles. The molecule has 0 aliphatic rings. The van der Waals surface area contributed by atoms with Gasteiger partial charge in [-0.05, 0) is 36.2 Å². The number of carbonyl (C=O) groups is 1. The van der Waals surface area contributed by atoms with Gasteiger partial charge >= 0.3 is 0 Å². The highest BCUT2D eigenvalue weighted by Gasteiger charge is 2.20. The van der Waals surface area contributed by atoms with Crippen LogP contribution >= 0.6 is 11.6 Å². The maximum absolute atomic E-state index is 12.8. The number of pyridine rings is 1. The molecule has 0 unspecified atom stereocenters. The van der Waals surface area contributed by atoms with Crippen molar-refractivity contribution in [1.82, 2.24) is 29.9 Å². The third kappa shape index (κ3) is 4.20. The summed E-state index contributed by atoms with van der Waals surface area (Å²) in [6, 6.07) is 15.4. The Morgan fingerprint density at radius 3 is 2.69 bits per heavy atom. The fraction of sp³-hybridized carbons (Fsp3) is 0.143. The van der Waals surface area contributed by atoms with Crippen molar-refractivity contribution < 1.29 is 4.79 Å². The van der Waals surface area contributed by atoms with Gasteiger partial charge in [0.2, 0.25) is 0 Å². The van der Waals surface area contributed by atoms with Crippen LogP contribution < -0.4 is 5.32 Å². The first kappa shape index (κ1) is 18.9. The van der Waals surface area contributed by atoms with Crippen LogP contribution in [-0.2, 0) is 13.1 Å². The molecule has 7 nitrogen and oxygen atoms in total. The van der Waals surface area contributed by atoms with Crippen LogP contribution in [0.2, 0.25) is 5.15 Å². The first-order valence-electron chi connectivity index (χ1n) is 9.12. The Hall–Kier alpha value is -3.45. The maximum atomic E-state index is 12.8. The molecule has 8 heteroatoms. The molecule has 29 heavy (non-hydrogen) atoms. The number of aryl methyl sites for hydroxylation is 1. The van der Waals surface area contributed by atoms with Gasteiger partial charge < -0.3 is 5.32 Å². The lowest BCUT2D eigenvalue weighted by atomic mass is 10.2. The summed E-state index contributed by atoms with van der Waals surface area (Å²) in [5.74, 6) is 0.427. The van der Waals surface area contributed by atoms with E-state index in [1.165, 1.54) is 0 Å². The molecule has 0 aliphatic heterocycles. The van der Waals surface area contributed by atoms with E-state index in [1.54, 1.807) is 28.7 Å². The molecule has 0 saturated carbocycles. The lowest BCUT2D eigenvalue weighted by molar-refractivity contribution is 0.0950. The van der Waals surface area contributed by atoms with Crippen molar-refractivity contribution in [2.24, 2.45) is 0 Å². The van der Waals surface area contributed by atoms with Crippen molar-refractivity contribution in [1.29, 1.82) is 0 Å². The number of hydrogen-bond acceptors (Lipinski definition) is 4. The minimum atomic E-state index is -0.260. The third-order valence-electron chi connectivity index (χ3n) is 4.47. The van der Waals surface area contributed by atoms with Gasteiger partial charge in [-0.1, -0.05) is 41.9 Å². The summed E-state index contributed by atoms with van der Waals surface area (Å²) >= 11 is 6.47. The molecule has 0 aliphatic carbocycles. The molecule has 1 amide bonds. The minimum Gasteiger partial charge on any atom is -0.348 e. The zero-order chi connectivity index (χ0) is 20.2. The standard InChI is InChI=1S/C21H19ClN6O/c1-15-19(20(22)28(26-15)14-16-6-3-2-4-7-16)21(29)24-13-17-8-10-23-18(12-17)27-11-5-9-25-27/h2-12H,13-14H2,1H3,(H,24,29). The molecule has 3 aromatic heterocycles. The monoisotopic (exact) mass is 406 g/mol. The molecule has 0 radical (unpaired) electrons. The molecule has 4 aromatic rings. The molecule has 1 N–H and O–H groups in total. The fourth-order valence-corrected chi connectivity index (χ4v) is 3.36. The average molecular weight is 407 g/mol. The van der Waals surface area contributed by atoms with E-state index in [2.05, 4.69) is 20.5 Å². The second kappa shape index (κ2) is 8.28. The van der Waals surface area contributed by atoms with Gasteiger partial charge in [0, 0.05) is 25.1 Å². The highest BCUT2D eigenvalue weighted by molar-refractivity contribution is 6.33. The van der Waals surface area contributed by atoms with Crippen LogP contribution in [0, 0.1) is 6.92 Å². The third-order valence-corrected chi connectivity index (χ3v) is 4.85. The SMILES string of the molecule is Cc1nn(Cc2ccccc2)c(Cl)c1C(=O)NCc1ccnc(-n2cccn2)c1. The zero-order valence-electron chi connectivity index (χ0n) is 15.8. The minimum absolute atomic E-state index is 0.260. The molecule has 0 fully saturated rings. The quantitative estimate of drug-likeness (QED) is 0.532. The molecule has 0 bridgehead atoms. The van der Waals surface area contributed by atoms with Gasteiger partial charge in [-0.3, -0.25) is 4.79 Å². The van der Waals surface area contributed by atoms with Gasteiger partial charge in [-0.25, -0.2) is 14.3 Å². The van der Waals surface area contributed by atoms with Crippen molar-refractivity contribution >= 4 is 17.5 Å². The Morgan fingerprint density at radius 1 is 1.10 bits per heavy atom. The number of benzene rings is 1. The number of nitrogens with zero attached hydrogens (tertiary/aromatic N) is 5. The van der Waals surface area contributed by atoms with Crippen molar-refractivity contribution in [3.63, 3.8) is 0 Å². The van der Waals surface area contributed by atoms with E-state index in [9.17, 15) is 4.79 Å². The maximum Gasteiger partial charge on any atom is 0.256 e. The van der Waals surface area contributed by atoms with Crippen LogP contribution in [0.1, 0.15) is 27.2 Å². The van der Waals surface area contributed by atoms with Crippen molar-refractivity contribution in [3.8, 4) is 5.82 Å². The fourth-order valence-electron chi connectivity index (χ4n) is 3.04. The van der Waals surface area contributed by atoms with Crippen LogP contribution in [-0.4, -0.2) is 30.5 Å². The summed E-state index contributed by atoms with van der Waals surface area (Å²) in [5, 5.41) is 11.8. The Labute approximate surface area is 173 Å². The first-order valence-corrected chi connectivity index (χ1v) is 9.49. The topological polar surface area (TPSA) is 77.6 Å². The summed E-state index contributed by atoms with van der Waals surface area (Å²) in [5.41, 5.74) is 2.95. The van der Waals surface area contributed by atoms with E-state index in [0.717, 1.165) is 11.1 Å². The molecule has 0 spiro atoms. The molecule has 1 aromatic carbocycles. The Morgan fingerprint density at radius 2 is 1.93 bits per heavy atom. The molecular formula is C21H19ClN6O. The van der Waals surface area contributed by atoms with Gasteiger partial charge in [-0.2, -0.15) is 10.2 Å². The number of carbonyl (C=O) groups excluding carboxylic acids is 1. The van der Waals surface area contributed by atoms with E-state index in [1.807, 2.05) is 54.7 Å². The van der Waals surface area contributed by atoms with Gasteiger partial charge in [0.25, 0.3) is 5.91 Å². The molecular weight excluding hydrogens is 388 g/mol. The Kier molecular flexibility index (Phi) is 5.39. The second-order valence-electron chi connectivity index (χ2n) is 6.55. The molecule has 4 rings (SSSR count). The van der Waals surface area contributed by atoms with Crippen molar-refractivity contribution in [2.75, 3.05) is 0 Å². The predicted molar refractivity (Wildman–Crippen MR) is 110 cm³/mol. The van der Waals surface area contributed by atoms with Crippen LogP contribution in [0.15, 0.2) is 67.1 Å². The lowest BCUT2D eigenvalue weighted by Gasteiger charge is -2.07. The summed E-state index contributed by atoms with van der Waals surface area (Å²) in [4.78, 5) is 17.0. The zero-order valence-corrected chi connectivity index (χ0v) is 16.5. The predicted octanol–water partition coefficient (Wildman–Crippen LogP) is 3.40. The van der Waals surface area contributed by atoms with E-state index >= 15 is 0 Å². The Balaban J connectivity index is 1.47. The van der Waals surface area contributed by atoms with Crippen LogP contribution in [0.25, 0.3) is 5.82 Å². The number of rotatable bonds is 6. The molecule has 146 valence electrons. The number of halogens is 1. The van der Waals surface area contributed by atoms with E-state index in [4.69, 9.17) is 11.6 Å². The lowest BCUT2D eigenvalue weighted by Crippen LogP contribution is -2.23. The summed E-state index contributed by atoms with van der Waals surface area (Å²) in [7, 11) is 0. The smallest absolute Gasteiger partial charge is 0.256 e. The molecule has 0 atom stereocenters. The summed E-state index contributed by atoms with van der Waals surface area (Å²) in [6.07, 6.45) is 5.19. The number of aromatic nitrogens is 5. The molecule has 0 saturated heterocycles. The van der Waals surface area contributed by atoms with Gasteiger partial charge in [0.05, 0.1) is 17.8 Å². The first-order chi connectivity index (χ1) is 14.1. The van der Waals surface area contributed by atoms with Gasteiger partial charge in [-0.15, -0.1) is 0 Å². The van der Waals surface area contributed by atoms with Crippen LogP contribution in [0.4, 0.5) is 0 Å². The largest absolute Gasteiger partial charge is 0.348 e. The number of nitrogens with one attached hydrogen (secondary N) is 1.